The normalized spacial score (nSPS) is 17.4. The Hall–Kier alpha value is -1.40. The summed E-state index contributed by atoms with van der Waals surface area (Å²) >= 11 is 0. The molecule has 1 saturated heterocycles. The van der Waals surface area contributed by atoms with Crippen LogP contribution in [0.2, 0.25) is 0 Å². The lowest BCUT2D eigenvalue weighted by Crippen LogP contribution is -2.43. The van der Waals surface area contributed by atoms with Crippen molar-refractivity contribution in [1.29, 1.82) is 0 Å². The molecule has 0 atom stereocenters. The standard InChI is InChI=1S/C16H24N2O3S/c1-17(2)16(19)15-8-11-18(12-9-15)22(20,21)13-10-14-6-4-3-5-7-14/h3-7,15H,8-13H2,1-2H3. The Morgan fingerprint density at radius 3 is 2.32 bits per heavy atom. The summed E-state index contributed by atoms with van der Waals surface area (Å²) in [5.41, 5.74) is 1.03. The van der Waals surface area contributed by atoms with Crippen LogP contribution in [0.4, 0.5) is 0 Å². The molecule has 122 valence electrons. The molecule has 1 aromatic carbocycles. The second-order valence-electron chi connectivity index (χ2n) is 5.96. The number of hydrogen-bond donors (Lipinski definition) is 0. The lowest BCUT2D eigenvalue weighted by atomic mass is 9.97. The summed E-state index contributed by atoms with van der Waals surface area (Å²) in [7, 11) is 0.240. The molecule has 1 aliphatic rings. The molecule has 2 rings (SSSR count). The fourth-order valence-electron chi connectivity index (χ4n) is 2.77. The van der Waals surface area contributed by atoms with Gasteiger partial charge in [0.05, 0.1) is 5.75 Å². The second kappa shape index (κ2) is 7.24. The molecule has 5 nitrogen and oxygen atoms in total. The topological polar surface area (TPSA) is 57.7 Å². The largest absolute Gasteiger partial charge is 0.349 e. The Bertz CT molecular complexity index is 591. The smallest absolute Gasteiger partial charge is 0.225 e. The van der Waals surface area contributed by atoms with E-state index in [1.165, 1.54) is 4.31 Å². The van der Waals surface area contributed by atoms with Crippen LogP contribution in [0.15, 0.2) is 30.3 Å². The zero-order valence-corrected chi connectivity index (χ0v) is 14.1. The molecule has 1 amide bonds. The third-order valence-corrected chi connectivity index (χ3v) is 6.00. The molecule has 0 aromatic heterocycles. The van der Waals surface area contributed by atoms with E-state index in [0.29, 0.717) is 32.4 Å². The van der Waals surface area contributed by atoms with Gasteiger partial charge in [0.25, 0.3) is 0 Å². The van der Waals surface area contributed by atoms with Gasteiger partial charge in [0.1, 0.15) is 0 Å². The Labute approximate surface area is 133 Å². The first-order chi connectivity index (χ1) is 10.4. The van der Waals surface area contributed by atoms with Crippen molar-refractivity contribution in [2.24, 2.45) is 5.92 Å². The molecule has 0 spiro atoms. The second-order valence-corrected chi connectivity index (χ2v) is 8.05. The number of amides is 1. The summed E-state index contributed by atoms with van der Waals surface area (Å²) in [4.78, 5) is 13.5. The van der Waals surface area contributed by atoms with Crippen LogP contribution in [0, 0.1) is 5.92 Å². The molecule has 22 heavy (non-hydrogen) atoms. The van der Waals surface area contributed by atoms with E-state index in [1.54, 1.807) is 19.0 Å². The predicted molar refractivity (Wildman–Crippen MR) is 86.9 cm³/mol. The van der Waals surface area contributed by atoms with Gasteiger partial charge in [-0.3, -0.25) is 4.79 Å². The van der Waals surface area contributed by atoms with Crippen LogP contribution in [0.1, 0.15) is 18.4 Å². The van der Waals surface area contributed by atoms with Gasteiger partial charge in [-0.05, 0) is 24.8 Å². The lowest BCUT2D eigenvalue weighted by Gasteiger charge is -2.31. The maximum atomic E-state index is 12.4. The third kappa shape index (κ3) is 4.30. The van der Waals surface area contributed by atoms with E-state index in [4.69, 9.17) is 0 Å². The van der Waals surface area contributed by atoms with Gasteiger partial charge in [0, 0.05) is 33.1 Å². The van der Waals surface area contributed by atoms with E-state index in [0.717, 1.165) is 5.56 Å². The van der Waals surface area contributed by atoms with Crippen LogP contribution in [0.25, 0.3) is 0 Å². The van der Waals surface area contributed by atoms with Gasteiger partial charge in [-0.25, -0.2) is 12.7 Å². The minimum Gasteiger partial charge on any atom is -0.349 e. The third-order valence-electron chi connectivity index (χ3n) is 4.13. The Morgan fingerprint density at radius 1 is 1.18 bits per heavy atom. The zero-order valence-electron chi connectivity index (χ0n) is 13.2. The first kappa shape index (κ1) is 17.0. The van der Waals surface area contributed by atoms with Crippen LogP contribution in [0.3, 0.4) is 0 Å². The molecular formula is C16H24N2O3S. The molecule has 1 aliphatic heterocycles. The molecule has 1 aromatic rings. The van der Waals surface area contributed by atoms with E-state index in [1.807, 2.05) is 30.3 Å². The summed E-state index contributed by atoms with van der Waals surface area (Å²) < 4.78 is 26.3. The lowest BCUT2D eigenvalue weighted by molar-refractivity contribution is -0.134. The number of sulfonamides is 1. The van der Waals surface area contributed by atoms with E-state index < -0.39 is 10.0 Å². The van der Waals surface area contributed by atoms with E-state index in [-0.39, 0.29) is 17.6 Å². The van der Waals surface area contributed by atoms with Crippen LogP contribution in [-0.4, -0.2) is 56.5 Å². The molecule has 0 aliphatic carbocycles. The summed E-state index contributed by atoms with van der Waals surface area (Å²) in [5.74, 6) is 0.181. The minimum atomic E-state index is -3.24. The van der Waals surface area contributed by atoms with E-state index in [9.17, 15) is 13.2 Å². The predicted octanol–water partition coefficient (Wildman–Crippen LogP) is 1.36. The van der Waals surface area contributed by atoms with Crippen molar-refractivity contribution in [2.45, 2.75) is 19.3 Å². The Kier molecular flexibility index (Phi) is 5.58. The number of hydrogen-bond acceptors (Lipinski definition) is 3. The van der Waals surface area contributed by atoms with Gasteiger partial charge in [0.2, 0.25) is 15.9 Å². The van der Waals surface area contributed by atoms with Crippen LogP contribution >= 0.6 is 0 Å². The summed E-state index contributed by atoms with van der Waals surface area (Å²) in [5, 5.41) is 0. The molecule has 1 fully saturated rings. The molecule has 0 saturated carbocycles. The van der Waals surface area contributed by atoms with Crippen molar-refractivity contribution in [1.82, 2.24) is 9.21 Å². The summed E-state index contributed by atoms with van der Waals surface area (Å²) in [6.07, 6.45) is 1.75. The highest BCUT2D eigenvalue weighted by atomic mass is 32.2. The number of carbonyl (C=O) groups is 1. The number of benzene rings is 1. The number of nitrogens with zero attached hydrogens (tertiary/aromatic N) is 2. The van der Waals surface area contributed by atoms with Crippen molar-refractivity contribution in [3.05, 3.63) is 35.9 Å². The molecule has 6 heteroatoms. The minimum absolute atomic E-state index is 0.0458. The monoisotopic (exact) mass is 324 g/mol. The van der Waals surface area contributed by atoms with Gasteiger partial charge in [0.15, 0.2) is 0 Å². The van der Waals surface area contributed by atoms with E-state index >= 15 is 0 Å². The maximum absolute atomic E-state index is 12.4. The zero-order chi connectivity index (χ0) is 16.2. The molecule has 0 unspecified atom stereocenters. The molecular weight excluding hydrogens is 300 g/mol. The van der Waals surface area contributed by atoms with Crippen LogP contribution < -0.4 is 0 Å². The van der Waals surface area contributed by atoms with Crippen molar-refractivity contribution >= 4 is 15.9 Å². The number of rotatable bonds is 5. The average Bonchev–Trinajstić information content (AvgIpc) is 2.53. The van der Waals surface area contributed by atoms with Crippen molar-refractivity contribution in [3.8, 4) is 0 Å². The molecule has 0 radical (unpaired) electrons. The fraction of sp³-hybridized carbons (Fsp3) is 0.562. The first-order valence-electron chi connectivity index (χ1n) is 7.63. The van der Waals surface area contributed by atoms with Gasteiger partial charge in [-0.2, -0.15) is 0 Å². The highest BCUT2D eigenvalue weighted by Crippen LogP contribution is 2.21. The van der Waals surface area contributed by atoms with Gasteiger partial charge in [-0.15, -0.1) is 0 Å². The molecule has 0 N–H and O–H groups in total. The van der Waals surface area contributed by atoms with Crippen LogP contribution in [0.5, 0.6) is 0 Å². The summed E-state index contributed by atoms with van der Waals surface area (Å²) in [6.45, 7) is 0.892. The Morgan fingerprint density at radius 2 is 1.77 bits per heavy atom. The van der Waals surface area contributed by atoms with Crippen molar-refractivity contribution < 1.29 is 13.2 Å². The molecule has 0 bridgehead atoms. The Balaban J connectivity index is 1.88. The van der Waals surface area contributed by atoms with Gasteiger partial charge >= 0.3 is 0 Å². The van der Waals surface area contributed by atoms with Crippen LogP contribution in [-0.2, 0) is 21.2 Å². The number of piperidine rings is 1. The fourth-order valence-corrected chi connectivity index (χ4v) is 4.29. The highest BCUT2D eigenvalue weighted by Gasteiger charge is 2.31. The number of carbonyl (C=O) groups excluding carboxylic acids is 1. The van der Waals surface area contributed by atoms with Gasteiger partial charge in [-0.1, -0.05) is 30.3 Å². The number of aryl methyl sites for hydroxylation is 1. The SMILES string of the molecule is CN(C)C(=O)C1CCN(S(=O)(=O)CCc2ccccc2)CC1. The van der Waals surface area contributed by atoms with Crippen molar-refractivity contribution in [2.75, 3.05) is 32.9 Å². The quantitative estimate of drug-likeness (QED) is 0.822. The van der Waals surface area contributed by atoms with Crippen molar-refractivity contribution in [3.63, 3.8) is 0 Å². The van der Waals surface area contributed by atoms with Gasteiger partial charge < -0.3 is 4.90 Å². The maximum Gasteiger partial charge on any atom is 0.225 e. The molecule has 1 heterocycles. The first-order valence-corrected chi connectivity index (χ1v) is 9.24. The summed E-state index contributed by atoms with van der Waals surface area (Å²) in [6, 6.07) is 9.64. The van der Waals surface area contributed by atoms with E-state index in [2.05, 4.69) is 0 Å². The average molecular weight is 324 g/mol. The highest BCUT2D eigenvalue weighted by molar-refractivity contribution is 7.89.